The number of ether oxygens (including phenoxy) is 1. The first-order chi connectivity index (χ1) is 10.0. The number of rotatable bonds is 4. The average molecular weight is 306 g/mol. The van der Waals surface area contributed by atoms with Gasteiger partial charge in [0.15, 0.2) is 11.4 Å². The Hall–Kier alpha value is -2.44. The molecule has 0 aliphatic carbocycles. The lowest BCUT2D eigenvalue weighted by atomic mass is 10.1. The minimum Gasteiger partial charge on any atom is -0.423 e. The molecule has 21 heavy (non-hydrogen) atoms. The maximum atomic E-state index is 11.3. The Morgan fingerprint density at radius 3 is 2.62 bits per heavy atom. The minimum absolute atomic E-state index is 0.0320. The van der Waals surface area contributed by atoms with Gasteiger partial charge in [-0.15, -0.1) is 0 Å². The van der Waals surface area contributed by atoms with E-state index in [9.17, 15) is 9.59 Å². The number of aromatic nitrogens is 1. The van der Waals surface area contributed by atoms with Gasteiger partial charge in [0.1, 0.15) is 0 Å². The summed E-state index contributed by atoms with van der Waals surface area (Å²) in [5, 5.41) is 0.548. The van der Waals surface area contributed by atoms with E-state index >= 15 is 0 Å². The molecule has 0 saturated heterocycles. The second-order valence-electron chi connectivity index (χ2n) is 4.12. The molecule has 0 aliphatic heterocycles. The van der Waals surface area contributed by atoms with Gasteiger partial charge in [-0.05, 0) is 23.8 Å². The summed E-state index contributed by atoms with van der Waals surface area (Å²) in [4.78, 5) is 26.6. The van der Waals surface area contributed by atoms with Gasteiger partial charge in [0, 0.05) is 16.8 Å². The Morgan fingerprint density at radius 2 is 2.00 bits per heavy atom. The van der Waals surface area contributed by atoms with Crippen LogP contribution in [0, 0.1) is 0 Å². The molecule has 0 radical (unpaired) electrons. The summed E-state index contributed by atoms with van der Waals surface area (Å²) in [7, 11) is 0. The molecule has 6 nitrogen and oxygen atoms in total. The number of primary amides is 1. The summed E-state index contributed by atoms with van der Waals surface area (Å²) in [6.07, 6.45) is 1.45. The standard InChI is InChI=1S/C14H12ClN3O3/c15-10-3-1-2-8(4-10)9-5-11(21-12(19)6-16)13(14(17)20)18-7-9/h1-5,7H,6,16H2,(H2,17,20). The fraction of sp³-hybridized carbons (Fsp3) is 0.0714. The Kier molecular flexibility index (Phi) is 4.52. The van der Waals surface area contributed by atoms with E-state index < -0.39 is 11.9 Å². The number of carbonyl (C=O) groups excluding carboxylic acids is 2. The Labute approximate surface area is 125 Å². The zero-order valence-electron chi connectivity index (χ0n) is 10.9. The number of pyridine rings is 1. The largest absolute Gasteiger partial charge is 0.423 e. The van der Waals surface area contributed by atoms with Crippen LogP contribution in [0.1, 0.15) is 10.5 Å². The summed E-state index contributed by atoms with van der Waals surface area (Å²) in [5.74, 6) is -1.52. The summed E-state index contributed by atoms with van der Waals surface area (Å²) >= 11 is 5.93. The molecule has 0 spiro atoms. The third kappa shape index (κ3) is 3.56. The van der Waals surface area contributed by atoms with Crippen molar-refractivity contribution >= 4 is 23.5 Å². The molecule has 2 aromatic rings. The Bertz CT molecular complexity index is 704. The predicted molar refractivity (Wildman–Crippen MR) is 77.9 cm³/mol. The summed E-state index contributed by atoms with van der Waals surface area (Å²) in [5.41, 5.74) is 11.6. The summed E-state index contributed by atoms with van der Waals surface area (Å²) < 4.78 is 4.99. The van der Waals surface area contributed by atoms with Crippen LogP contribution in [-0.4, -0.2) is 23.4 Å². The van der Waals surface area contributed by atoms with Crippen molar-refractivity contribution in [1.82, 2.24) is 4.98 Å². The van der Waals surface area contributed by atoms with Gasteiger partial charge in [-0.25, -0.2) is 4.98 Å². The molecular weight excluding hydrogens is 294 g/mol. The number of amides is 1. The maximum absolute atomic E-state index is 11.3. The van der Waals surface area contributed by atoms with Crippen LogP contribution in [0.25, 0.3) is 11.1 Å². The number of benzene rings is 1. The lowest BCUT2D eigenvalue weighted by molar-refractivity contribution is -0.132. The molecule has 1 aromatic carbocycles. The van der Waals surface area contributed by atoms with Crippen LogP contribution >= 0.6 is 11.6 Å². The second-order valence-corrected chi connectivity index (χ2v) is 4.56. The summed E-state index contributed by atoms with van der Waals surface area (Å²) in [6.45, 7) is -0.320. The molecule has 4 N–H and O–H groups in total. The molecule has 0 fully saturated rings. The molecular formula is C14H12ClN3O3. The molecule has 1 amide bonds. The third-order valence-corrected chi connectivity index (χ3v) is 2.87. The molecule has 0 bridgehead atoms. The van der Waals surface area contributed by atoms with Gasteiger partial charge in [-0.2, -0.15) is 0 Å². The predicted octanol–water partition coefficient (Wildman–Crippen LogP) is 1.36. The quantitative estimate of drug-likeness (QED) is 0.829. The van der Waals surface area contributed by atoms with Gasteiger partial charge in [0.05, 0.1) is 6.54 Å². The molecule has 0 atom stereocenters. The molecule has 7 heteroatoms. The minimum atomic E-state index is -0.799. The number of carbonyl (C=O) groups is 2. The van der Waals surface area contributed by atoms with Gasteiger partial charge in [-0.1, -0.05) is 23.7 Å². The van der Waals surface area contributed by atoms with Crippen molar-refractivity contribution in [2.75, 3.05) is 6.54 Å². The van der Waals surface area contributed by atoms with Crippen molar-refractivity contribution in [3.63, 3.8) is 0 Å². The fourth-order valence-electron chi connectivity index (χ4n) is 1.70. The smallest absolute Gasteiger partial charge is 0.325 e. The fourth-order valence-corrected chi connectivity index (χ4v) is 1.89. The number of hydrogen-bond donors (Lipinski definition) is 2. The topological polar surface area (TPSA) is 108 Å². The molecule has 108 valence electrons. The number of esters is 1. The number of halogens is 1. The molecule has 0 aliphatic rings. The van der Waals surface area contributed by atoms with Crippen LogP contribution in [0.15, 0.2) is 36.5 Å². The maximum Gasteiger partial charge on any atom is 0.325 e. The first-order valence-electron chi connectivity index (χ1n) is 5.98. The van der Waals surface area contributed by atoms with Crippen molar-refractivity contribution in [2.24, 2.45) is 11.5 Å². The lowest BCUT2D eigenvalue weighted by Crippen LogP contribution is -2.22. The van der Waals surface area contributed by atoms with Crippen LogP contribution in [0.4, 0.5) is 0 Å². The van der Waals surface area contributed by atoms with Crippen LogP contribution < -0.4 is 16.2 Å². The van der Waals surface area contributed by atoms with Crippen LogP contribution in [-0.2, 0) is 4.79 Å². The van der Waals surface area contributed by atoms with Crippen molar-refractivity contribution in [3.05, 3.63) is 47.2 Å². The van der Waals surface area contributed by atoms with E-state index in [-0.39, 0.29) is 18.0 Å². The number of nitrogens with zero attached hydrogens (tertiary/aromatic N) is 1. The van der Waals surface area contributed by atoms with Gasteiger partial charge < -0.3 is 16.2 Å². The third-order valence-electron chi connectivity index (χ3n) is 2.63. The highest BCUT2D eigenvalue weighted by Gasteiger charge is 2.15. The van der Waals surface area contributed by atoms with E-state index in [2.05, 4.69) is 4.98 Å². The van der Waals surface area contributed by atoms with E-state index in [0.29, 0.717) is 10.6 Å². The highest BCUT2D eigenvalue weighted by atomic mass is 35.5. The number of hydrogen-bond acceptors (Lipinski definition) is 5. The van der Waals surface area contributed by atoms with E-state index in [1.165, 1.54) is 12.3 Å². The van der Waals surface area contributed by atoms with Crippen molar-refractivity contribution < 1.29 is 14.3 Å². The van der Waals surface area contributed by atoms with Crippen LogP contribution in [0.5, 0.6) is 5.75 Å². The van der Waals surface area contributed by atoms with Crippen LogP contribution in [0.3, 0.4) is 0 Å². The zero-order chi connectivity index (χ0) is 15.4. The van der Waals surface area contributed by atoms with Crippen molar-refractivity contribution in [1.29, 1.82) is 0 Å². The highest BCUT2D eigenvalue weighted by Crippen LogP contribution is 2.27. The van der Waals surface area contributed by atoms with Crippen molar-refractivity contribution in [2.45, 2.75) is 0 Å². The molecule has 0 saturated carbocycles. The highest BCUT2D eigenvalue weighted by molar-refractivity contribution is 6.30. The normalized spacial score (nSPS) is 10.2. The summed E-state index contributed by atoms with van der Waals surface area (Å²) in [6, 6.07) is 8.52. The first kappa shape index (κ1) is 15.0. The Balaban J connectivity index is 2.48. The molecule has 0 unspecified atom stereocenters. The second kappa shape index (κ2) is 6.34. The van der Waals surface area contributed by atoms with E-state index in [4.69, 9.17) is 27.8 Å². The molecule has 1 heterocycles. The van der Waals surface area contributed by atoms with E-state index in [1.54, 1.807) is 24.3 Å². The average Bonchev–Trinajstić information content (AvgIpc) is 2.46. The van der Waals surface area contributed by atoms with E-state index in [1.807, 2.05) is 0 Å². The Morgan fingerprint density at radius 1 is 1.24 bits per heavy atom. The van der Waals surface area contributed by atoms with Gasteiger partial charge in [0.2, 0.25) is 0 Å². The van der Waals surface area contributed by atoms with Gasteiger partial charge in [-0.3, -0.25) is 9.59 Å². The van der Waals surface area contributed by atoms with Crippen LogP contribution in [0.2, 0.25) is 5.02 Å². The van der Waals surface area contributed by atoms with Gasteiger partial charge in [0.25, 0.3) is 5.91 Å². The first-order valence-corrected chi connectivity index (χ1v) is 6.35. The molecule has 1 aromatic heterocycles. The number of nitrogens with two attached hydrogens (primary N) is 2. The SMILES string of the molecule is NCC(=O)Oc1cc(-c2cccc(Cl)c2)cnc1C(N)=O. The monoisotopic (exact) mass is 305 g/mol. The van der Waals surface area contributed by atoms with Crippen molar-refractivity contribution in [3.8, 4) is 16.9 Å². The zero-order valence-corrected chi connectivity index (χ0v) is 11.6. The lowest BCUT2D eigenvalue weighted by Gasteiger charge is -2.09. The van der Waals surface area contributed by atoms with E-state index in [0.717, 1.165) is 5.56 Å². The van der Waals surface area contributed by atoms with Gasteiger partial charge >= 0.3 is 5.97 Å². The molecule has 2 rings (SSSR count).